The fourth-order valence-corrected chi connectivity index (χ4v) is 4.30. The summed E-state index contributed by atoms with van der Waals surface area (Å²) in [5, 5.41) is 5.27. The van der Waals surface area contributed by atoms with Gasteiger partial charge in [-0.05, 0) is 20.8 Å². The van der Waals surface area contributed by atoms with E-state index in [-0.39, 0.29) is 24.2 Å². The fraction of sp³-hybridized carbons (Fsp3) is 0.684. The molecule has 2 aliphatic rings. The fourth-order valence-electron chi connectivity index (χ4n) is 4.30. The Morgan fingerprint density at radius 2 is 1.82 bits per heavy atom. The third-order valence-electron chi connectivity index (χ3n) is 5.76. The molecule has 3 atom stereocenters. The second-order valence-corrected chi connectivity index (χ2v) is 7.90. The van der Waals surface area contributed by atoms with Crippen molar-refractivity contribution < 1.29 is 9.53 Å². The van der Waals surface area contributed by atoms with E-state index < -0.39 is 0 Å². The van der Waals surface area contributed by atoms with E-state index >= 15 is 0 Å². The minimum atomic E-state index is -0.122. The second kappa shape index (κ2) is 7.63. The standard InChI is InChI=1S/C19H29N7O2/c1-13-10-26(11-14(2)28-13)19(27)15(3)24-5-7-25(8-6-24)18-16-9-22-23(4)17(16)20-12-21-18/h9,12-15H,5-8,10-11H2,1-4H3/t13-,14+,15-/m0/s1. The van der Waals surface area contributed by atoms with E-state index in [1.54, 1.807) is 11.0 Å². The zero-order valence-corrected chi connectivity index (χ0v) is 17.1. The molecule has 0 bridgehead atoms. The van der Waals surface area contributed by atoms with Crippen molar-refractivity contribution in [3.05, 3.63) is 12.5 Å². The summed E-state index contributed by atoms with van der Waals surface area (Å²) in [4.78, 5) is 28.3. The minimum Gasteiger partial charge on any atom is -0.372 e. The van der Waals surface area contributed by atoms with Gasteiger partial charge in [0.15, 0.2) is 5.65 Å². The van der Waals surface area contributed by atoms with E-state index in [0.717, 1.165) is 43.0 Å². The van der Waals surface area contributed by atoms with Gasteiger partial charge in [0.05, 0.1) is 29.8 Å². The normalized spacial score (nSPS) is 25.3. The Kier molecular flexibility index (Phi) is 5.20. The Labute approximate surface area is 165 Å². The SMILES string of the molecule is C[C@@H]1CN(C(=O)[C@H](C)N2CCN(c3ncnc4c3cnn4C)CC2)C[C@H](C)O1. The van der Waals surface area contributed by atoms with E-state index in [4.69, 9.17) is 4.74 Å². The van der Waals surface area contributed by atoms with Crippen molar-refractivity contribution in [3.8, 4) is 0 Å². The van der Waals surface area contributed by atoms with Gasteiger partial charge in [-0.25, -0.2) is 9.97 Å². The van der Waals surface area contributed by atoms with Crippen LogP contribution in [0.5, 0.6) is 0 Å². The smallest absolute Gasteiger partial charge is 0.239 e. The average molecular weight is 387 g/mol. The molecule has 9 nitrogen and oxygen atoms in total. The predicted molar refractivity (Wildman–Crippen MR) is 106 cm³/mol. The van der Waals surface area contributed by atoms with Gasteiger partial charge in [-0.2, -0.15) is 5.10 Å². The van der Waals surface area contributed by atoms with Crippen LogP contribution < -0.4 is 4.90 Å². The quantitative estimate of drug-likeness (QED) is 0.759. The lowest BCUT2D eigenvalue weighted by Crippen LogP contribution is -2.57. The number of hydrogen-bond acceptors (Lipinski definition) is 7. The van der Waals surface area contributed by atoms with Gasteiger partial charge in [-0.15, -0.1) is 0 Å². The van der Waals surface area contributed by atoms with E-state index in [1.165, 1.54) is 0 Å². The Morgan fingerprint density at radius 3 is 2.50 bits per heavy atom. The molecule has 2 fully saturated rings. The Morgan fingerprint density at radius 1 is 1.14 bits per heavy atom. The van der Waals surface area contributed by atoms with Crippen LogP contribution in [0.4, 0.5) is 5.82 Å². The molecule has 2 aromatic heterocycles. The third kappa shape index (κ3) is 3.56. The van der Waals surface area contributed by atoms with Crippen molar-refractivity contribution in [2.75, 3.05) is 44.2 Å². The highest BCUT2D eigenvalue weighted by molar-refractivity contribution is 5.86. The van der Waals surface area contributed by atoms with Crippen LogP contribution in [0.25, 0.3) is 11.0 Å². The largest absolute Gasteiger partial charge is 0.372 e. The van der Waals surface area contributed by atoms with Crippen LogP contribution in [0.1, 0.15) is 20.8 Å². The summed E-state index contributed by atoms with van der Waals surface area (Å²) in [6.07, 6.45) is 3.61. The number of aromatic nitrogens is 4. The van der Waals surface area contributed by atoms with Gasteiger partial charge in [-0.1, -0.05) is 0 Å². The van der Waals surface area contributed by atoms with E-state index in [0.29, 0.717) is 13.1 Å². The van der Waals surface area contributed by atoms with Crippen molar-refractivity contribution in [2.24, 2.45) is 7.05 Å². The molecule has 0 unspecified atom stereocenters. The lowest BCUT2D eigenvalue weighted by Gasteiger charge is -2.41. The van der Waals surface area contributed by atoms with Gasteiger partial charge >= 0.3 is 0 Å². The molecule has 4 heterocycles. The van der Waals surface area contributed by atoms with E-state index in [2.05, 4.69) is 24.9 Å². The molecule has 0 aliphatic carbocycles. The van der Waals surface area contributed by atoms with Crippen LogP contribution in [0, 0.1) is 0 Å². The van der Waals surface area contributed by atoms with Gasteiger partial charge in [-0.3, -0.25) is 14.4 Å². The summed E-state index contributed by atoms with van der Waals surface area (Å²) in [6.45, 7) is 10.7. The third-order valence-corrected chi connectivity index (χ3v) is 5.76. The number of ether oxygens (including phenoxy) is 1. The van der Waals surface area contributed by atoms with Crippen molar-refractivity contribution >= 4 is 22.8 Å². The molecule has 2 saturated heterocycles. The summed E-state index contributed by atoms with van der Waals surface area (Å²) in [7, 11) is 1.89. The Bertz CT molecular complexity index is 836. The Hall–Kier alpha value is -2.26. The molecule has 0 spiro atoms. The van der Waals surface area contributed by atoms with Gasteiger partial charge in [0.25, 0.3) is 0 Å². The number of piperazine rings is 1. The first-order chi connectivity index (χ1) is 13.4. The van der Waals surface area contributed by atoms with Crippen molar-refractivity contribution in [3.63, 3.8) is 0 Å². The van der Waals surface area contributed by atoms with Crippen LogP contribution in [-0.2, 0) is 16.6 Å². The number of fused-ring (bicyclic) bond motifs is 1. The number of carbonyl (C=O) groups is 1. The zero-order chi connectivity index (χ0) is 19.8. The highest BCUT2D eigenvalue weighted by Crippen LogP contribution is 2.24. The molecule has 2 aromatic rings. The van der Waals surface area contributed by atoms with Gasteiger partial charge < -0.3 is 14.5 Å². The first-order valence-electron chi connectivity index (χ1n) is 10.00. The van der Waals surface area contributed by atoms with Crippen LogP contribution in [0.3, 0.4) is 0 Å². The molecule has 9 heteroatoms. The molecular formula is C19H29N7O2. The van der Waals surface area contributed by atoms with Gasteiger partial charge in [0, 0.05) is 46.3 Å². The van der Waals surface area contributed by atoms with Crippen LogP contribution in [0.2, 0.25) is 0 Å². The molecule has 4 rings (SSSR count). The molecule has 0 N–H and O–H groups in total. The molecular weight excluding hydrogens is 358 g/mol. The summed E-state index contributed by atoms with van der Waals surface area (Å²) < 4.78 is 7.52. The monoisotopic (exact) mass is 387 g/mol. The van der Waals surface area contributed by atoms with Crippen molar-refractivity contribution in [2.45, 2.75) is 39.0 Å². The number of morpholine rings is 1. The number of amides is 1. The highest BCUT2D eigenvalue weighted by Gasteiger charge is 2.33. The molecule has 1 amide bonds. The Balaban J connectivity index is 1.40. The summed E-state index contributed by atoms with van der Waals surface area (Å²) >= 11 is 0. The first kappa shape index (κ1) is 19.1. The van der Waals surface area contributed by atoms with Crippen LogP contribution in [0.15, 0.2) is 12.5 Å². The number of nitrogens with zero attached hydrogens (tertiary/aromatic N) is 7. The van der Waals surface area contributed by atoms with Gasteiger partial charge in [0.1, 0.15) is 12.1 Å². The van der Waals surface area contributed by atoms with Crippen molar-refractivity contribution in [1.82, 2.24) is 29.5 Å². The lowest BCUT2D eigenvalue weighted by molar-refractivity contribution is -0.148. The number of anilines is 1. The van der Waals surface area contributed by atoms with Crippen LogP contribution >= 0.6 is 0 Å². The number of hydrogen-bond donors (Lipinski definition) is 0. The average Bonchev–Trinajstić information content (AvgIpc) is 3.07. The summed E-state index contributed by atoms with van der Waals surface area (Å²) in [5.41, 5.74) is 0.839. The van der Waals surface area contributed by atoms with Crippen molar-refractivity contribution in [1.29, 1.82) is 0 Å². The molecule has 0 radical (unpaired) electrons. The predicted octanol–water partition coefficient (Wildman–Crippen LogP) is 0.510. The molecule has 2 aliphatic heterocycles. The highest BCUT2D eigenvalue weighted by atomic mass is 16.5. The minimum absolute atomic E-state index is 0.0939. The summed E-state index contributed by atoms with van der Waals surface area (Å²) in [5.74, 6) is 1.12. The maximum Gasteiger partial charge on any atom is 0.239 e. The number of carbonyl (C=O) groups excluding carboxylic acids is 1. The number of aryl methyl sites for hydroxylation is 1. The van der Waals surface area contributed by atoms with Crippen LogP contribution in [-0.4, -0.2) is 93.0 Å². The number of rotatable bonds is 3. The topological polar surface area (TPSA) is 79.6 Å². The second-order valence-electron chi connectivity index (χ2n) is 7.90. The molecule has 0 saturated carbocycles. The maximum atomic E-state index is 13.0. The van der Waals surface area contributed by atoms with E-state index in [1.807, 2.05) is 38.9 Å². The van der Waals surface area contributed by atoms with Gasteiger partial charge in [0.2, 0.25) is 5.91 Å². The maximum absolute atomic E-state index is 13.0. The first-order valence-corrected chi connectivity index (χ1v) is 10.00. The molecule has 152 valence electrons. The van der Waals surface area contributed by atoms with E-state index in [9.17, 15) is 4.79 Å². The zero-order valence-electron chi connectivity index (χ0n) is 17.1. The molecule has 0 aromatic carbocycles. The lowest BCUT2D eigenvalue weighted by atomic mass is 10.1. The molecule has 28 heavy (non-hydrogen) atoms. The summed E-state index contributed by atoms with van der Waals surface area (Å²) in [6, 6.07) is -0.122.